The summed E-state index contributed by atoms with van der Waals surface area (Å²) in [5.74, 6) is 2.58. The largest absolute Gasteiger partial charge is 0.354 e. The van der Waals surface area contributed by atoms with Crippen LogP contribution in [0.5, 0.6) is 0 Å². The highest BCUT2D eigenvalue weighted by Gasteiger charge is 2.20. The first-order valence-corrected chi connectivity index (χ1v) is 9.34. The predicted molar refractivity (Wildman–Crippen MR) is 105 cm³/mol. The zero-order valence-electron chi connectivity index (χ0n) is 16.1. The molecule has 3 aromatic heterocycles. The molecule has 0 N–H and O–H groups in total. The summed E-state index contributed by atoms with van der Waals surface area (Å²) in [6, 6.07) is 8.24. The van der Waals surface area contributed by atoms with Gasteiger partial charge < -0.3 is 4.90 Å². The van der Waals surface area contributed by atoms with Crippen molar-refractivity contribution in [1.82, 2.24) is 29.6 Å². The Bertz CT molecular complexity index is 911. The first-order chi connectivity index (χ1) is 13.1. The number of aromatic nitrogens is 5. The van der Waals surface area contributed by atoms with Gasteiger partial charge in [0.05, 0.1) is 5.69 Å². The van der Waals surface area contributed by atoms with E-state index in [1.807, 2.05) is 50.0 Å². The zero-order chi connectivity index (χ0) is 18.8. The monoisotopic (exact) mass is 363 g/mol. The van der Waals surface area contributed by atoms with Gasteiger partial charge in [0, 0.05) is 56.9 Å². The maximum Gasteiger partial charge on any atom is 0.159 e. The van der Waals surface area contributed by atoms with Gasteiger partial charge in [0.25, 0.3) is 0 Å². The number of anilines is 1. The molecule has 0 amide bonds. The van der Waals surface area contributed by atoms with E-state index in [9.17, 15) is 0 Å². The van der Waals surface area contributed by atoms with Crippen LogP contribution >= 0.6 is 0 Å². The Morgan fingerprint density at radius 3 is 2.41 bits per heavy atom. The summed E-state index contributed by atoms with van der Waals surface area (Å²) >= 11 is 0. The fraction of sp³-hybridized carbons (Fsp3) is 0.400. The van der Waals surface area contributed by atoms with Crippen LogP contribution in [0.4, 0.5) is 5.82 Å². The number of nitrogens with zero attached hydrogens (tertiary/aromatic N) is 7. The van der Waals surface area contributed by atoms with Crippen molar-refractivity contribution in [2.24, 2.45) is 0 Å². The van der Waals surface area contributed by atoms with Crippen molar-refractivity contribution in [1.29, 1.82) is 0 Å². The fourth-order valence-electron chi connectivity index (χ4n) is 3.55. The summed E-state index contributed by atoms with van der Waals surface area (Å²) in [7, 11) is 0. The minimum Gasteiger partial charge on any atom is -0.354 e. The first kappa shape index (κ1) is 17.6. The van der Waals surface area contributed by atoms with Crippen LogP contribution in [0.1, 0.15) is 22.8 Å². The lowest BCUT2D eigenvalue weighted by atomic mass is 10.2. The molecule has 140 valence electrons. The quantitative estimate of drug-likeness (QED) is 0.709. The average molecular weight is 363 g/mol. The minimum atomic E-state index is 0.771. The second-order valence-corrected chi connectivity index (χ2v) is 7.09. The second kappa shape index (κ2) is 7.44. The van der Waals surface area contributed by atoms with Gasteiger partial charge in [-0.1, -0.05) is 6.07 Å². The van der Waals surface area contributed by atoms with Gasteiger partial charge in [0.2, 0.25) is 0 Å². The van der Waals surface area contributed by atoms with Crippen molar-refractivity contribution in [2.45, 2.75) is 27.3 Å². The predicted octanol–water partition coefficient (Wildman–Crippen LogP) is 2.30. The average Bonchev–Trinajstić information content (AvgIpc) is 3.01. The third kappa shape index (κ3) is 3.98. The van der Waals surface area contributed by atoms with Crippen LogP contribution in [-0.4, -0.2) is 55.8 Å². The molecule has 1 fully saturated rings. The summed E-state index contributed by atoms with van der Waals surface area (Å²) in [6.07, 6.45) is 3.76. The standard InChI is InChI=1S/C20H25N7/c1-15-11-16(2)27(24-15)20-12-19(22-17(3)23-20)26-9-7-25(8-10-26)14-18-5-4-6-21-13-18/h4-6,11-13H,7-10,14H2,1-3H3. The molecule has 4 rings (SSSR count). The minimum absolute atomic E-state index is 0.771. The Kier molecular flexibility index (Phi) is 4.85. The van der Waals surface area contributed by atoms with Crippen molar-refractivity contribution >= 4 is 5.82 Å². The lowest BCUT2D eigenvalue weighted by molar-refractivity contribution is 0.249. The van der Waals surface area contributed by atoms with Gasteiger partial charge in [0.1, 0.15) is 11.6 Å². The highest BCUT2D eigenvalue weighted by atomic mass is 15.3. The first-order valence-electron chi connectivity index (χ1n) is 9.34. The maximum absolute atomic E-state index is 4.67. The van der Waals surface area contributed by atoms with Gasteiger partial charge in [-0.3, -0.25) is 9.88 Å². The summed E-state index contributed by atoms with van der Waals surface area (Å²) in [5.41, 5.74) is 3.34. The molecule has 0 saturated carbocycles. The Hall–Kier alpha value is -2.80. The van der Waals surface area contributed by atoms with Crippen LogP contribution < -0.4 is 4.90 Å². The molecule has 0 aliphatic carbocycles. The van der Waals surface area contributed by atoms with E-state index in [0.717, 1.165) is 61.6 Å². The number of rotatable bonds is 4. The SMILES string of the molecule is Cc1cc(C)n(-c2cc(N3CCN(Cc4cccnc4)CC3)nc(C)n2)n1. The molecule has 7 heteroatoms. The van der Waals surface area contributed by atoms with Gasteiger partial charge in [-0.05, 0) is 38.5 Å². The van der Waals surface area contributed by atoms with Crippen LogP contribution in [0.3, 0.4) is 0 Å². The van der Waals surface area contributed by atoms with E-state index in [-0.39, 0.29) is 0 Å². The molecule has 1 aliphatic heterocycles. The fourth-order valence-corrected chi connectivity index (χ4v) is 3.55. The Labute approximate surface area is 159 Å². The molecule has 1 aliphatic rings. The van der Waals surface area contributed by atoms with E-state index >= 15 is 0 Å². The van der Waals surface area contributed by atoms with Crippen LogP contribution in [-0.2, 0) is 6.54 Å². The molecule has 0 unspecified atom stereocenters. The van der Waals surface area contributed by atoms with E-state index in [1.165, 1.54) is 5.56 Å². The normalized spacial score (nSPS) is 15.3. The number of pyridine rings is 1. The molecular weight excluding hydrogens is 338 g/mol. The smallest absolute Gasteiger partial charge is 0.159 e. The number of hydrogen-bond acceptors (Lipinski definition) is 6. The van der Waals surface area contributed by atoms with Crippen molar-refractivity contribution in [3.05, 3.63) is 59.4 Å². The molecule has 0 radical (unpaired) electrons. The van der Waals surface area contributed by atoms with E-state index in [0.29, 0.717) is 0 Å². The number of aryl methyl sites for hydroxylation is 3. The molecule has 0 bridgehead atoms. The van der Waals surface area contributed by atoms with Gasteiger partial charge >= 0.3 is 0 Å². The van der Waals surface area contributed by atoms with Crippen molar-refractivity contribution in [3.8, 4) is 5.82 Å². The number of piperazine rings is 1. The Balaban J connectivity index is 1.47. The highest BCUT2D eigenvalue weighted by molar-refractivity contribution is 5.45. The van der Waals surface area contributed by atoms with Gasteiger partial charge in [-0.25, -0.2) is 14.6 Å². The molecule has 1 saturated heterocycles. The van der Waals surface area contributed by atoms with Crippen LogP contribution in [0.25, 0.3) is 5.82 Å². The van der Waals surface area contributed by atoms with Crippen LogP contribution in [0, 0.1) is 20.8 Å². The van der Waals surface area contributed by atoms with Gasteiger partial charge in [-0.15, -0.1) is 0 Å². The third-order valence-electron chi connectivity index (χ3n) is 4.86. The zero-order valence-corrected chi connectivity index (χ0v) is 16.1. The second-order valence-electron chi connectivity index (χ2n) is 7.09. The lowest BCUT2D eigenvalue weighted by Gasteiger charge is -2.35. The van der Waals surface area contributed by atoms with E-state index in [2.05, 4.69) is 42.0 Å². The lowest BCUT2D eigenvalue weighted by Crippen LogP contribution is -2.46. The molecule has 4 heterocycles. The van der Waals surface area contributed by atoms with Gasteiger partial charge in [0.15, 0.2) is 5.82 Å². The molecule has 0 atom stereocenters. The third-order valence-corrected chi connectivity index (χ3v) is 4.86. The van der Waals surface area contributed by atoms with E-state index < -0.39 is 0 Å². The van der Waals surface area contributed by atoms with Crippen molar-refractivity contribution < 1.29 is 0 Å². The van der Waals surface area contributed by atoms with E-state index in [4.69, 9.17) is 0 Å². The summed E-state index contributed by atoms with van der Waals surface area (Å²) in [6.45, 7) is 10.9. The van der Waals surface area contributed by atoms with Gasteiger partial charge in [-0.2, -0.15) is 5.10 Å². The molecule has 27 heavy (non-hydrogen) atoms. The topological polar surface area (TPSA) is 63.0 Å². The molecular formula is C20H25N7. The molecule has 3 aromatic rings. The summed E-state index contributed by atoms with van der Waals surface area (Å²) in [5, 5.41) is 4.56. The van der Waals surface area contributed by atoms with Crippen molar-refractivity contribution in [2.75, 3.05) is 31.1 Å². The molecule has 0 aromatic carbocycles. The summed E-state index contributed by atoms with van der Waals surface area (Å²) < 4.78 is 1.90. The maximum atomic E-state index is 4.67. The van der Waals surface area contributed by atoms with Crippen LogP contribution in [0.15, 0.2) is 36.7 Å². The van der Waals surface area contributed by atoms with Crippen molar-refractivity contribution in [3.63, 3.8) is 0 Å². The Morgan fingerprint density at radius 2 is 1.74 bits per heavy atom. The van der Waals surface area contributed by atoms with Crippen LogP contribution in [0.2, 0.25) is 0 Å². The molecule has 0 spiro atoms. The highest BCUT2D eigenvalue weighted by Crippen LogP contribution is 2.19. The molecule has 7 nitrogen and oxygen atoms in total. The number of hydrogen-bond donors (Lipinski definition) is 0. The van der Waals surface area contributed by atoms with E-state index in [1.54, 1.807) is 0 Å². The Morgan fingerprint density at radius 1 is 0.963 bits per heavy atom. The summed E-state index contributed by atoms with van der Waals surface area (Å²) in [4.78, 5) is 18.3.